The van der Waals surface area contributed by atoms with Crippen molar-refractivity contribution in [2.45, 2.75) is 19.8 Å². The van der Waals surface area contributed by atoms with Crippen molar-refractivity contribution in [3.63, 3.8) is 0 Å². The van der Waals surface area contributed by atoms with Gasteiger partial charge in [0.2, 0.25) is 0 Å². The van der Waals surface area contributed by atoms with Crippen LogP contribution < -0.4 is 4.74 Å². The van der Waals surface area contributed by atoms with Crippen LogP contribution in [-0.4, -0.2) is 74.4 Å². The van der Waals surface area contributed by atoms with Crippen molar-refractivity contribution >= 4 is 57.5 Å². The average molecular weight is 252 g/mol. The Morgan fingerprint density at radius 1 is 1.25 bits per heavy atom. The zero-order chi connectivity index (χ0) is 11.5. The maximum absolute atomic E-state index is 8.56. The van der Waals surface area contributed by atoms with Gasteiger partial charge in [0, 0.05) is 0 Å². The van der Waals surface area contributed by atoms with E-state index in [9.17, 15) is 0 Å². The van der Waals surface area contributed by atoms with Crippen molar-refractivity contribution in [3.8, 4) is 5.75 Å². The van der Waals surface area contributed by atoms with Gasteiger partial charge in [-0.2, -0.15) is 0 Å². The second-order valence-corrected chi connectivity index (χ2v) is 2.80. The summed E-state index contributed by atoms with van der Waals surface area (Å²) in [5, 5.41) is 13.9. The maximum atomic E-state index is 8.56. The summed E-state index contributed by atoms with van der Waals surface area (Å²) in [6, 6.07) is 9.93. The fourth-order valence-electron chi connectivity index (χ4n) is 0.851. The molecule has 0 unspecified atom stereocenters. The summed E-state index contributed by atoms with van der Waals surface area (Å²) < 4.78 is 5.45. The second kappa shape index (κ2) is 13.0. The van der Waals surface area contributed by atoms with Crippen LogP contribution in [0.2, 0.25) is 0 Å². The molecule has 1 rings (SSSR count). The molecule has 5 heteroatoms. The van der Waals surface area contributed by atoms with Crippen molar-refractivity contribution in [2.24, 2.45) is 0 Å². The standard InChI is InChI=1S/C10H14O.CH2O3.K.H/c1-2-3-9-11-10-7-5-4-6-8-10;2-1(3)4;;/h4-8H,2-3,9H2,1H3;(H2,2,3,4);;. The van der Waals surface area contributed by atoms with E-state index in [1.165, 1.54) is 6.42 Å². The fourth-order valence-corrected chi connectivity index (χ4v) is 0.851. The number of carboxylic acid groups (broad SMARTS) is 2. The summed E-state index contributed by atoms with van der Waals surface area (Å²) in [6.45, 7) is 2.99. The van der Waals surface area contributed by atoms with Gasteiger partial charge >= 0.3 is 57.5 Å². The van der Waals surface area contributed by atoms with Gasteiger partial charge in [-0.15, -0.1) is 0 Å². The van der Waals surface area contributed by atoms with E-state index in [1.54, 1.807) is 0 Å². The number of carbonyl (C=O) groups is 1. The van der Waals surface area contributed by atoms with E-state index in [2.05, 4.69) is 6.92 Å². The molecule has 2 N–H and O–H groups in total. The van der Waals surface area contributed by atoms with E-state index in [0.29, 0.717) is 0 Å². The van der Waals surface area contributed by atoms with Gasteiger partial charge in [0.15, 0.2) is 0 Å². The zero-order valence-corrected chi connectivity index (χ0v) is 8.72. The summed E-state index contributed by atoms with van der Waals surface area (Å²) in [5.41, 5.74) is 0. The predicted octanol–water partition coefficient (Wildman–Crippen LogP) is 2.44. The van der Waals surface area contributed by atoms with E-state index in [1.807, 2.05) is 30.3 Å². The van der Waals surface area contributed by atoms with Crippen LogP contribution >= 0.6 is 0 Å². The molecule has 0 aliphatic carbocycles. The summed E-state index contributed by atoms with van der Waals surface area (Å²) in [5.74, 6) is 0.973. The molecule has 1 aromatic carbocycles. The average Bonchev–Trinajstić information content (AvgIpc) is 2.19. The van der Waals surface area contributed by atoms with E-state index in [4.69, 9.17) is 19.7 Å². The first-order valence-electron chi connectivity index (χ1n) is 4.76. The second-order valence-electron chi connectivity index (χ2n) is 2.80. The molecule has 0 atom stereocenters. The molecule has 16 heavy (non-hydrogen) atoms. The van der Waals surface area contributed by atoms with E-state index < -0.39 is 6.16 Å². The van der Waals surface area contributed by atoms with Gasteiger partial charge in [-0.25, -0.2) is 4.79 Å². The molecule has 1 aromatic rings. The zero-order valence-electron chi connectivity index (χ0n) is 8.72. The third kappa shape index (κ3) is 13.9. The molecule has 0 aromatic heterocycles. The predicted molar refractivity (Wildman–Crippen MR) is 64.6 cm³/mol. The molecule has 0 fully saturated rings. The normalized spacial score (nSPS) is 8.06. The topological polar surface area (TPSA) is 66.8 Å². The van der Waals surface area contributed by atoms with Crippen LogP contribution in [0.25, 0.3) is 0 Å². The quantitative estimate of drug-likeness (QED) is 0.638. The third-order valence-electron chi connectivity index (χ3n) is 1.51. The number of hydrogen-bond donors (Lipinski definition) is 2. The van der Waals surface area contributed by atoms with Crippen molar-refractivity contribution < 1.29 is 19.7 Å². The molecule has 0 aliphatic heterocycles. The third-order valence-corrected chi connectivity index (χ3v) is 1.51. The number of unbranched alkanes of at least 4 members (excludes halogenated alkanes) is 1. The molecular weight excluding hydrogens is 235 g/mol. The van der Waals surface area contributed by atoms with Crippen LogP contribution in [0.5, 0.6) is 5.75 Å². The SMILES string of the molecule is CCCCOc1ccccc1.O=C(O)O.[KH]. The molecule has 0 bridgehead atoms. The Hall–Kier alpha value is -0.0736. The Bertz CT molecular complexity index is 260. The van der Waals surface area contributed by atoms with Gasteiger partial charge in [-0.3, -0.25) is 0 Å². The number of hydrogen-bond acceptors (Lipinski definition) is 2. The Morgan fingerprint density at radius 2 is 1.75 bits per heavy atom. The first-order valence-corrected chi connectivity index (χ1v) is 4.76. The molecular formula is C11H17KO4. The van der Waals surface area contributed by atoms with E-state index >= 15 is 0 Å². The van der Waals surface area contributed by atoms with Crippen LogP contribution in [-0.2, 0) is 0 Å². The fraction of sp³-hybridized carbons (Fsp3) is 0.364. The van der Waals surface area contributed by atoms with E-state index in [0.717, 1.165) is 18.8 Å². The first kappa shape index (κ1) is 18.3. The minimum atomic E-state index is -1.83. The van der Waals surface area contributed by atoms with Gasteiger partial charge in [0.25, 0.3) is 0 Å². The Labute approximate surface area is 138 Å². The monoisotopic (exact) mass is 252 g/mol. The Kier molecular flexibility index (Phi) is 14.9. The molecule has 0 saturated heterocycles. The molecule has 86 valence electrons. The van der Waals surface area contributed by atoms with Crippen LogP contribution in [0.4, 0.5) is 4.79 Å². The van der Waals surface area contributed by atoms with Crippen molar-refractivity contribution in [2.75, 3.05) is 6.61 Å². The van der Waals surface area contributed by atoms with Gasteiger partial charge in [-0.05, 0) is 18.6 Å². The van der Waals surface area contributed by atoms with Crippen molar-refractivity contribution in [3.05, 3.63) is 30.3 Å². The van der Waals surface area contributed by atoms with Crippen LogP contribution in [0.1, 0.15) is 19.8 Å². The summed E-state index contributed by atoms with van der Waals surface area (Å²) in [6.07, 6.45) is 0.488. The molecule has 4 nitrogen and oxygen atoms in total. The Morgan fingerprint density at radius 3 is 2.19 bits per heavy atom. The van der Waals surface area contributed by atoms with Gasteiger partial charge in [0.05, 0.1) is 6.61 Å². The summed E-state index contributed by atoms with van der Waals surface area (Å²) in [7, 11) is 0. The van der Waals surface area contributed by atoms with Gasteiger partial charge in [0.1, 0.15) is 5.75 Å². The van der Waals surface area contributed by atoms with Crippen LogP contribution in [0.15, 0.2) is 30.3 Å². The minimum absolute atomic E-state index is 0. The summed E-state index contributed by atoms with van der Waals surface area (Å²) >= 11 is 0. The van der Waals surface area contributed by atoms with Crippen molar-refractivity contribution in [1.82, 2.24) is 0 Å². The number of para-hydroxylation sites is 1. The van der Waals surface area contributed by atoms with Crippen molar-refractivity contribution in [1.29, 1.82) is 0 Å². The molecule has 0 saturated carbocycles. The summed E-state index contributed by atoms with van der Waals surface area (Å²) in [4.78, 5) is 8.56. The van der Waals surface area contributed by atoms with Gasteiger partial charge < -0.3 is 14.9 Å². The Balaban J connectivity index is 0. The van der Waals surface area contributed by atoms with Crippen LogP contribution in [0.3, 0.4) is 0 Å². The van der Waals surface area contributed by atoms with E-state index in [-0.39, 0.29) is 51.4 Å². The number of rotatable bonds is 4. The first-order chi connectivity index (χ1) is 7.16. The molecule has 0 amide bonds. The van der Waals surface area contributed by atoms with Gasteiger partial charge in [-0.1, -0.05) is 31.5 Å². The molecule has 0 aliphatic rings. The number of benzene rings is 1. The molecule has 0 heterocycles. The molecule has 0 radical (unpaired) electrons. The van der Waals surface area contributed by atoms with Crippen LogP contribution in [0, 0.1) is 0 Å². The molecule has 0 spiro atoms. The number of ether oxygens (including phenoxy) is 1.